The average Bonchev–Trinajstić information content (AvgIpc) is 3.78. The molecule has 268 valence electrons. The van der Waals surface area contributed by atoms with Gasteiger partial charge < -0.3 is 4.57 Å². The van der Waals surface area contributed by atoms with E-state index in [1.54, 1.807) is 0 Å². The van der Waals surface area contributed by atoms with Crippen LogP contribution in [-0.4, -0.2) is 24.1 Å². The number of rotatable bonds is 6. The van der Waals surface area contributed by atoms with Crippen LogP contribution in [0.25, 0.3) is 100 Å². The molecule has 11 aromatic rings. The Kier molecular flexibility index (Phi) is 7.60. The lowest BCUT2D eigenvalue weighted by Gasteiger charge is -2.16. The van der Waals surface area contributed by atoms with Gasteiger partial charge in [0, 0.05) is 49.5 Å². The normalized spacial score (nSPS) is 11.6. The van der Waals surface area contributed by atoms with Crippen molar-refractivity contribution in [2.45, 2.75) is 0 Å². The van der Waals surface area contributed by atoms with Crippen LogP contribution in [0.2, 0.25) is 0 Å². The zero-order valence-electron chi connectivity index (χ0n) is 30.6. The van der Waals surface area contributed by atoms with E-state index in [9.17, 15) is 0 Å². The number of fused-ring (bicyclic) bond motifs is 6. The van der Waals surface area contributed by atoms with Gasteiger partial charge in [-0.1, -0.05) is 158 Å². The number of para-hydroxylation sites is 2. The van der Waals surface area contributed by atoms with Crippen LogP contribution in [-0.2, 0) is 0 Å². The molecule has 0 bridgehead atoms. The van der Waals surface area contributed by atoms with Crippen molar-refractivity contribution in [2.75, 3.05) is 0 Å². The number of benzene rings is 8. The van der Waals surface area contributed by atoms with Crippen LogP contribution in [0.15, 0.2) is 194 Å². The van der Waals surface area contributed by atoms with Crippen LogP contribution in [0.4, 0.5) is 4.39 Å². The number of aromatic nitrogens is 5. The van der Waals surface area contributed by atoms with E-state index in [1.807, 2.05) is 133 Å². The Morgan fingerprint density at radius 1 is 0.333 bits per heavy atom. The van der Waals surface area contributed by atoms with Gasteiger partial charge in [-0.25, -0.2) is 9.37 Å². The molecule has 5 nitrogen and oxygen atoms in total. The van der Waals surface area contributed by atoms with E-state index < -0.39 is 0 Å². The van der Waals surface area contributed by atoms with Gasteiger partial charge >= 0.3 is 0 Å². The van der Waals surface area contributed by atoms with Crippen LogP contribution >= 0.6 is 0 Å². The molecule has 3 heterocycles. The molecule has 57 heavy (non-hydrogen) atoms. The Balaban J connectivity index is 1.24. The second-order valence-electron chi connectivity index (χ2n) is 14.2. The predicted octanol–water partition coefficient (Wildman–Crippen LogP) is 12.9. The molecule has 0 aliphatic heterocycles. The molecule has 11 rings (SSSR count). The Bertz CT molecular complexity index is 3160. The highest BCUT2D eigenvalue weighted by atomic mass is 19.1. The Morgan fingerprint density at radius 2 is 0.737 bits per heavy atom. The van der Waals surface area contributed by atoms with Crippen molar-refractivity contribution in [3.8, 4) is 56.7 Å². The SMILES string of the molecule is Fc1c(-c2ccccc2)cc(-n2c3ccccc3c3cc4c5ccccc5n(-c5nc(-c6ccccc6)nc(-c6ccccc6)n5)c4cc32)cc1-c1ccccc1. The molecule has 0 atom stereocenters. The largest absolute Gasteiger partial charge is 0.309 e. The first kappa shape index (κ1) is 32.7. The maximum Gasteiger partial charge on any atom is 0.238 e. The highest BCUT2D eigenvalue weighted by molar-refractivity contribution is 6.19. The van der Waals surface area contributed by atoms with Gasteiger partial charge in [-0.3, -0.25) is 4.57 Å². The molecule has 0 radical (unpaired) electrons. The summed E-state index contributed by atoms with van der Waals surface area (Å²) in [6.07, 6.45) is 0. The molecule has 0 spiro atoms. The quantitative estimate of drug-likeness (QED) is 0.171. The van der Waals surface area contributed by atoms with E-state index in [2.05, 4.69) is 69.8 Å². The molecule has 0 aliphatic carbocycles. The highest BCUT2D eigenvalue weighted by Crippen LogP contribution is 2.41. The first-order chi connectivity index (χ1) is 28.2. The van der Waals surface area contributed by atoms with Crippen molar-refractivity contribution >= 4 is 43.6 Å². The lowest BCUT2D eigenvalue weighted by molar-refractivity contribution is 0.634. The van der Waals surface area contributed by atoms with Gasteiger partial charge in [-0.2, -0.15) is 9.97 Å². The molecule has 0 N–H and O–H groups in total. The minimum atomic E-state index is -0.252. The number of halogens is 1. The number of hydrogen-bond acceptors (Lipinski definition) is 3. The van der Waals surface area contributed by atoms with Crippen molar-refractivity contribution in [3.63, 3.8) is 0 Å². The summed E-state index contributed by atoms with van der Waals surface area (Å²) in [6.45, 7) is 0. The Morgan fingerprint density at radius 3 is 1.23 bits per heavy atom. The average molecular weight is 734 g/mol. The lowest BCUT2D eigenvalue weighted by atomic mass is 9.96. The summed E-state index contributed by atoms with van der Waals surface area (Å²) in [7, 11) is 0. The number of hydrogen-bond donors (Lipinski definition) is 0. The monoisotopic (exact) mass is 733 g/mol. The number of nitrogens with zero attached hydrogens (tertiary/aromatic N) is 5. The van der Waals surface area contributed by atoms with E-state index in [1.165, 1.54) is 0 Å². The molecular weight excluding hydrogens is 702 g/mol. The van der Waals surface area contributed by atoms with Gasteiger partial charge in [0.2, 0.25) is 5.95 Å². The molecule has 0 saturated heterocycles. The van der Waals surface area contributed by atoms with Gasteiger partial charge in [-0.05, 0) is 47.5 Å². The van der Waals surface area contributed by atoms with Crippen molar-refractivity contribution in [2.24, 2.45) is 0 Å². The topological polar surface area (TPSA) is 48.5 Å². The molecule has 8 aromatic carbocycles. The zero-order valence-corrected chi connectivity index (χ0v) is 30.6. The van der Waals surface area contributed by atoms with E-state index in [4.69, 9.17) is 15.0 Å². The second-order valence-corrected chi connectivity index (χ2v) is 14.2. The fourth-order valence-corrected chi connectivity index (χ4v) is 8.22. The Labute approximate surface area is 327 Å². The van der Waals surface area contributed by atoms with E-state index >= 15 is 4.39 Å². The van der Waals surface area contributed by atoms with Gasteiger partial charge in [0.15, 0.2) is 11.6 Å². The van der Waals surface area contributed by atoms with Crippen LogP contribution < -0.4 is 0 Å². The summed E-state index contributed by atoms with van der Waals surface area (Å²) in [6, 6.07) is 65.0. The maximum atomic E-state index is 16.7. The lowest BCUT2D eigenvalue weighted by Crippen LogP contribution is -2.06. The summed E-state index contributed by atoms with van der Waals surface area (Å²) in [5, 5.41) is 4.38. The molecule has 0 aliphatic rings. The van der Waals surface area contributed by atoms with Crippen LogP contribution in [0.1, 0.15) is 0 Å². The Hall–Kier alpha value is -7.70. The van der Waals surface area contributed by atoms with Crippen molar-refractivity contribution in [1.29, 1.82) is 0 Å². The third kappa shape index (κ3) is 5.41. The summed E-state index contributed by atoms with van der Waals surface area (Å²) in [5.41, 5.74) is 9.33. The van der Waals surface area contributed by atoms with Gasteiger partial charge in [0.1, 0.15) is 5.82 Å². The summed E-state index contributed by atoms with van der Waals surface area (Å²) in [4.78, 5) is 15.3. The van der Waals surface area contributed by atoms with Crippen molar-refractivity contribution < 1.29 is 4.39 Å². The molecule has 0 fully saturated rings. The van der Waals surface area contributed by atoms with Crippen molar-refractivity contribution in [1.82, 2.24) is 24.1 Å². The van der Waals surface area contributed by atoms with Crippen LogP contribution in [0.5, 0.6) is 0 Å². The van der Waals surface area contributed by atoms with E-state index in [-0.39, 0.29) is 5.82 Å². The molecule has 0 amide bonds. The molecule has 0 saturated carbocycles. The highest BCUT2D eigenvalue weighted by Gasteiger charge is 2.23. The van der Waals surface area contributed by atoms with E-state index in [0.717, 1.165) is 71.6 Å². The smallest absolute Gasteiger partial charge is 0.238 e. The van der Waals surface area contributed by atoms with Crippen molar-refractivity contribution in [3.05, 3.63) is 200 Å². The van der Waals surface area contributed by atoms with Crippen LogP contribution in [0, 0.1) is 5.82 Å². The van der Waals surface area contributed by atoms with Gasteiger partial charge in [0.05, 0.1) is 22.1 Å². The fraction of sp³-hybridized carbons (Fsp3) is 0. The molecule has 3 aromatic heterocycles. The summed E-state index contributed by atoms with van der Waals surface area (Å²) in [5.74, 6) is 1.45. The second kappa shape index (κ2) is 13.3. The van der Waals surface area contributed by atoms with Gasteiger partial charge in [0.25, 0.3) is 0 Å². The summed E-state index contributed by atoms with van der Waals surface area (Å²) < 4.78 is 21.2. The maximum absolute atomic E-state index is 16.7. The first-order valence-electron chi connectivity index (χ1n) is 19.0. The molecular formula is C51H32FN5. The third-order valence-electron chi connectivity index (χ3n) is 10.8. The first-order valence-corrected chi connectivity index (χ1v) is 19.0. The van der Waals surface area contributed by atoms with Crippen LogP contribution in [0.3, 0.4) is 0 Å². The van der Waals surface area contributed by atoms with Gasteiger partial charge in [-0.15, -0.1) is 0 Å². The molecule has 0 unspecified atom stereocenters. The zero-order chi connectivity index (χ0) is 37.9. The third-order valence-corrected chi connectivity index (χ3v) is 10.8. The van der Waals surface area contributed by atoms with E-state index in [0.29, 0.717) is 28.7 Å². The summed E-state index contributed by atoms with van der Waals surface area (Å²) >= 11 is 0. The minimum Gasteiger partial charge on any atom is -0.309 e. The minimum absolute atomic E-state index is 0.252. The fourth-order valence-electron chi connectivity index (χ4n) is 8.22. The standard InChI is InChI=1S/C51H32FN5/c52-48-40(33-17-5-1-6-18-33)29-37(30-41(48)34-19-7-2-8-20-34)56-44-27-15-13-25-38(44)42-31-43-39-26-14-16-28-45(39)57(47(43)32-46(42)56)51-54-49(35-21-9-3-10-22-35)53-50(55-51)36-23-11-4-12-24-36/h1-32H. The molecule has 6 heteroatoms. The predicted molar refractivity (Wildman–Crippen MR) is 230 cm³/mol.